The summed E-state index contributed by atoms with van der Waals surface area (Å²) in [4.78, 5) is 38.1. The predicted octanol–water partition coefficient (Wildman–Crippen LogP) is 2.62. The molecule has 2 aliphatic heterocycles. The first-order valence-electron chi connectivity index (χ1n) is 8.49. The van der Waals surface area contributed by atoms with Crippen LogP contribution in [0.4, 0.5) is 10.5 Å². The average molecular weight is 378 g/mol. The van der Waals surface area contributed by atoms with Gasteiger partial charge in [0.15, 0.2) is 0 Å². The van der Waals surface area contributed by atoms with E-state index in [1.165, 1.54) is 4.90 Å². The SMILES string of the molecule is O=C(Nc1ccc(Cl)cc1)N[C@H]1C/C=C\C[C@@H]2CC[C@@H](C(=O)O)N2C1=O. The summed E-state index contributed by atoms with van der Waals surface area (Å²) >= 11 is 5.81. The van der Waals surface area contributed by atoms with Gasteiger partial charge in [-0.05, 0) is 49.9 Å². The molecule has 7 nitrogen and oxygen atoms in total. The highest BCUT2D eigenvalue weighted by atomic mass is 35.5. The Morgan fingerprint density at radius 2 is 1.81 bits per heavy atom. The van der Waals surface area contributed by atoms with Crippen molar-refractivity contribution in [2.24, 2.45) is 0 Å². The molecule has 26 heavy (non-hydrogen) atoms. The molecule has 0 radical (unpaired) electrons. The number of benzene rings is 1. The standard InChI is InChI=1S/C18H20ClN3O4/c19-11-5-7-12(8-6-11)20-18(26)21-14-4-2-1-3-13-9-10-15(17(24)25)22(13)16(14)23/h1-2,5-8,13-15H,3-4,9-10H2,(H,24,25)(H2,20,21,26)/b2-1-/t13-,14+,15+/m1/s1. The minimum atomic E-state index is -1.00. The van der Waals surface area contributed by atoms with Gasteiger partial charge in [0.25, 0.3) is 0 Å². The number of nitrogens with one attached hydrogen (secondary N) is 2. The number of carbonyl (C=O) groups is 3. The summed E-state index contributed by atoms with van der Waals surface area (Å²) in [7, 11) is 0. The van der Waals surface area contributed by atoms with Gasteiger partial charge < -0.3 is 20.6 Å². The molecule has 0 unspecified atom stereocenters. The van der Waals surface area contributed by atoms with E-state index >= 15 is 0 Å². The van der Waals surface area contributed by atoms with E-state index in [1.807, 2.05) is 12.2 Å². The summed E-state index contributed by atoms with van der Waals surface area (Å²) < 4.78 is 0. The van der Waals surface area contributed by atoms with Crippen LogP contribution >= 0.6 is 11.6 Å². The first-order chi connectivity index (χ1) is 12.5. The Bertz CT molecular complexity index is 734. The average Bonchev–Trinajstić information content (AvgIpc) is 3.01. The summed E-state index contributed by atoms with van der Waals surface area (Å²) in [5.74, 6) is -1.36. The quantitative estimate of drug-likeness (QED) is 0.705. The van der Waals surface area contributed by atoms with Crippen molar-refractivity contribution in [2.45, 2.75) is 43.8 Å². The number of carbonyl (C=O) groups excluding carboxylic acids is 2. The summed E-state index contributed by atoms with van der Waals surface area (Å²) in [5.41, 5.74) is 0.545. The summed E-state index contributed by atoms with van der Waals surface area (Å²) in [6.45, 7) is 0. The number of hydrogen-bond acceptors (Lipinski definition) is 3. The molecule has 3 amide bonds. The smallest absolute Gasteiger partial charge is 0.326 e. The van der Waals surface area contributed by atoms with E-state index in [0.717, 1.165) is 0 Å². The molecule has 2 heterocycles. The van der Waals surface area contributed by atoms with Crippen LogP contribution in [0.2, 0.25) is 5.02 Å². The highest BCUT2D eigenvalue weighted by Crippen LogP contribution is 2.29. The molecule has 1 fully saturated rings. The molecule has 0 bridgehead atoms. The van der Waals surface area contributed by atoms with Crippen molar-refractivity contribution in [3.05, 3.63) is 41.4 Å². The topological polar surface area (TPSA) is 98.7 Å². The Labute approximate surface area is 156 Å². The van der Waals surface area contributed by atoms with Crippen LogP contribution in [0, 0.1) is 0 Å². The molecular formula is C18H20ClN3O4. The molecule has 3 rings (SSSR count). The first kappa shape index (κ1) is 18.3. The number of hydrogen-bond donors (Lipinski definition) is 3. The van der Waals surface area contributed by atoms with E-state index in [4.69, 9.17) is 11.6 Å². The molecule has 1 aromatic carbocycles. The number of aliphatic carboxylic acids is 1. The molecule has 3 atom stereocenters. The fraction of sp³-hybridized carbons (Fsp3) is 0.389. The molecule has 1 aromatic rings. The Kier molecular flexibility index (Phi) is 5.46. The molecular weight excluding hydrogens is 358 g/mol. The van der Waals surface area contributed by atoms with Crippen LogP contribution in [0.1, 0.15) is 25.7 Å². The second-order valence-electron chi connectivity index (χ2n) is 6.43. The Morgan fingerprint density at radius 3 is 2.50 bits per heavy atom. The third kappa shape index (κ3) is 3.99. The number of nitrogens with zero attached hydrogens (tertiary/aromatic N) is 1. The zero-order chi connectivity index (χ0) is 18.7. The maximum atomic E-state index is 12.9. The van der Waals surface area contributed by atoms with E-state index in [0.29, 0.717) is 36.4 Å². The molecule has 0 saturated carbocycles. The molecule has 138 valence electrons. The van der Waals surface area contributed by atoms with Crippen molar-refractivity contribution in [3.63, 3.8) is 0 Å². The van der Waals surface area contributed by atoms with Crippen molar-refractivity contribution >= 4 is 35.2 Å². The summed E-state index contributed by atoms with van der Waals surface area (Å²) in [5, 5.41) is 15.2. The van der Waals surface area contributed by atoms with Crippen LogP contribution < -0.4 is 10.6 Å². The number of halogens is 1. The highest BCUT2D eigenvalue weighted by molar-refractivity contribution is 6.30. The first-order valence-corrected chi connectivity index (χ1v) is 8.86. The van der Waals surface area contributed by atoms with Crippen molar-refractivity contribution in [1.29, 1.82) is 0 Å². The Balaban J connectivity index is 1.71. The minimum absolute atomic E-state index is 0.135. The van der Waals surface area contributed by atoms with Gasteiger partial charge >= 0.3 is 12.0 Å². The van der Waals surface area contributed by atoms with E-state index < -0.39 is 24.1 Å². The molecule has 0 aromatic heterocycles. The van der Waals surface area contributed by atoms with Gasteiger partial charge in [-0.15, -0.1) is 0 Å². The monoisotopic (exact) mass is 377 g/mol. The molecule has 8 heteroatoms. The van der Waals surface area contributed by atoms with Gasteiger partial charge in [-0.25, -0.2) is 9.59 Å². The van der Waals surface area contributed by atoms with Crippen molar-refractivity contribution in [3.8, 4) is 0 Å². The number of carboxylic acid groups (broad SMARTS) is 1. The normalized spacial score (nSPS) is 26.4. The van der Waals surface area contributed by atoms with Crippen molar-refractivity contribution in [2.75, 3.05) is 5.32 Å². The van der Waals surface area contributed by atoms with Gasteiger partial charge in [0.2, 0.25) is 5.91 Å². The van der Waals surface area contributed by atoms with Crippen LogP contribution in [0.5, 0.6) is 0 Å². The molecule has 0 spiro atoms. The third-order valence-corrected chi connectivity index (χ3v) is 4.95. The second kappa shape index (κ2) is 7.78. The van der Waals surface area contributed by atoms with Gasteiger partial charge in [-0.3, -0.25) is 4.79 Å². The number of fused-ring (bicyclic) bond motifs is 1. The van der Waals surface area contributed by atoms with E-state index in [-0.39, 0.29) is 11.9 Å². The molecule has 2 aliphatic rings. The van der Waals surface area contributed by atoms with E-state index in [2.05, 4.69) is 10.6 Å². The number of anilines is 1. The molecule has 3 N–H and O–H groups in total. The maximum Gasteiger partial charge on any atom is 0.326 e. The largest absolute Gasteiger partial charge is 0.480 e. The van der Waals surface area contributed by atoms with Crippen LogP contribution in [-0.2, 0) is 9.59 Å². The number of urea groups is 1. The fourth-order valence-electron chi connectivity index (χ4n) is 3.44. The Hall–Kier alpha value is -2.54. The van der Waals surface area contributed by atoms with Gasteiger partial charge in [0.1, 0.15) is 12.1 Å². The lowest BCUT2D eigenvalue weighted by Gasteiger charge is -2.32. The van der Waals surface area contributed by atoms with Crippen LogP contribution in [0.15, 0.2) is 36.4 Å². The molecule has 1 saturated heterocycles. The van der Waals surface area contributed by atoms with Crippen LogP contribution in [-0.4, -0.2) is 46.0 Å². The third-order valence-electron chi connectivity index (χ3n) is 4.69. The van der Waals surface area contributed by atoms with Gasteiger partial charge in [0.05, 0.1) is 0 Å². The number of amides is 3. The zero-order valence-corrected chi connectivity index (χ0v) is 14.8. The van der Waals surface area contributed by atoms with Crippen LogP contribution in [0.3, 0.4) is 0 Å². The Morgan fingerprint density at radius 1 is 1.12 bits per heavy atom. The van der Waals surface area contributed by atoms with Crippen LogP contribution in [0.25, 0.3) is 0 Å². The summed E-state index contributed by atoms with van der Waals surface area (Å²) in [6, 6.07) is 4.30. The predicted molar refractivity (Wildman–Crippen MR) is 97.1 cm³/mol. The van der Waals surface area contributed by atoms with E-state index in [9.17, 15) is 19.5 Å². The number of carboxylic acids is 1. The van der Waals surface area contributed by atoms with Crippen molar-refractivity contribution in [1.82, 2.24) is 10.2 Å². The van der Waals surface area contributed by atoms with Gasteiger partial charge in [-0.2, -0.15) is 0 Å². The minimum Gasteiger partial charge on any atom is -0.480 e. The molecule has 0 aliphatic carbocycles. The zero-order valence-electron chi connectivity index (χ0n) is 14.0. The fourth-order valence-corrected chi connectivity index (χ4v) is 3.56. The summed E-state index contributed by atoms with van der Waals surface area (Å²) in [6.07, 6.45) is 5.85. The van der Waals surface area contributed by atoms with E-state index in [1.54, 1.807) is 24.3 Å². The number of rotatable bonds is 3. The van der Waals surface area contributed by atoms with Gasteiger partial charge in [0, 0.05) is 16.8 Å². The van der Waals surface area contributed by atoms with Crippen molar-refractivity contribution < 1.29 is 19.5 Å². The lowest BCUT2D eigenvalue weighted by atomic mass is 10.0. The second-order valence-corrected chi connectivity index (χ2v) is 6.87. The lowest BCUT2D eigenvalue weighted by Crippen LogP contribution is -2.55. The lowest BCUT2D eigenvalue weighted by molar-refractivity contribution is -0.150. The van der Waals surface area contributed by atoms with Gasteiger partial charge in [-0.1, -0.05) is 23.8 Å². The highest BCUT2D eigenvalue weighted by Gasteiger charge is 2.43. The maximum absolute atomic E-state index is 12.9.